The first-order chi connectivity index (χ1) is 10.2. The van der Waals surface area contributed by atoms with Crippen molar-refractivity contribution in [2.75, 3.05) is 0 Å². The minimum Gasteiger partial charge on any atom is -0.332 e. The van der Waals surface area contributed by atoms with Crippen LogP contribution < -0.4 is 0 Å². The first kappa shape index (κ1) is 13.6. The summed E-state index contributed by atoms with van der Waals surface area (Å²) < 4.78 is 0. The molecule has 0 bridgehead atoms. The highest BCUT2D eigenvalue weighted by Gasteiger charge is 2.48. The molecule has 3 fully saturated rings. The monoisotopic (exact) mass is 303 g/mol. The van der Waals surface area contributed by atoms with Crippen molar-refractivity contribution in [3.8, 4) is 0 Å². The molecule has 2 saturated carbocycles. The van der Waals surface area contributed by atoms with Crippen molar-refractivity contribution in [3.05, 3.63) is 34.9 Å². The molecular weight excluding hydrogens is 282 g/mol. The molecule has 1 aromatic rings. The average molecular weight is 304 g/mol. The van der Waals surface area contributed by atoms with Crippen LogP contribution in [0.1, 0.15) is 56.6 Å². The van der Waals surface area contributed by atoms with E-state index in [1.807, 2.05) is 12.1 Å². The number of hydrogen-bond donors (Lipinski definition) is 0. The molecule has 0 N–H and O–H groups in total. The lowest BCUT2D eigenvalue weighted by Crippen LogP contribution is -2.47. The second-order valence-electron chi connectivity index (χ2n) is 6.93. The molecule has 0 spiro atoms. The lowest BCUT2D eigenvalue weighted by atomic mass is 9.90. The van der Waals surface area contributed by atoms with Crippen LogP contribution in [0, 0.1) is 11.8 Å². The van der Waals surface area contributed by atoms with Gasteiger partial charge in [0.2, 0.25) is 5.91 Å². The van der Waals surface area contributed by atoms with Crippen LogP contribution >= 0.6 is 11.6 Å². The Hall–Kier alpha value is -1.02. The zero-order chi connectivity index (χ0) is 14.4. The molecule has 0 radical (unpaired) electrons. The molecule has 1 atom stereocenters. The lowest BCUT2D eigenvalue weighted by molar-refractivity contribution is -0.141. The second kappa shape index (κ2) is 5.31. The maximum atomic E-state index is 12.7. The average Bonchev–Trinajstić information content (AvgIpc) is 3.36. The van der Waals surface area contributed by atoms with E-state index in [0.29, 0.717) is 11.9 Å². The topological polar surface area (TPSA) is 20.3 Å². The third-order valence-electron chi connectivity index (χ3n) is 5.28. The first-order valence-electron chi connectivity index (χ1n) is 8.30. The van der Waals surface area contributed by atoms with E-state index in [2.05, 4.69) is 17.0 Å². The van der Waals surface area contributed by atoms with Gasteiger partial charge in [0.05, 0.1) is 6.04 Å². The summed E-state index contributed by atoms with van der Waals surface area (Å²) in [7, 11) is 0. The van der Waals surface area contributed by atoms with Crippen molar-refractivity contribution in [3.63, 3.8) is 0 Å². The van der Waals surface area contributed by atoms with E-state index in [9.17, 15) is 4.79 Å². The van der Waals surface area contributed by atoms with Crippen LogP contribution in [0.4, 0.5) is 0 Å². The summed E-state index contributed by atoms with van der Waals surface area (Å²) in [5, 5.41) is 0.772. The van der Waals surface area contributed by atoms with E-state index < -0.39 is 0 Å². The third-order valence-corrected chi connectivity index (χ3v) is 5.53. The minimum absolute atomic E-state index is 0.273. The summed E-state index contributed by atoms with van der Waals surface area (Å²) in [5.74, 6) is 1.92. The van der Waals surface area contributed by atoms with Crippen LogP contribution in [0.25, 0.3) is 0 Å². The fraction of sp³-hybridized carbons (Fsp3) is 0.611. The minimum atomic E-state index is 0.273. The van der Waals surface area contributed by atoms with Crippen LogP contribution in [0.3, 0.4) is 0 Å². The number of halogens is 1. The van der Waals surface area contributed by atoms with Gasteiger partial charge in [-0.1, -0.05) is 23.7 Å². The van der Waals surface area contributed by atoms with Crippen molar-refractivity contribution >= 4 is 17.5 Å². The molecule has 21 heavy (non-hydrogen) atoms. The molecule has 1 amide bonds. The van der Waals surface area contributed by atoms with E-state index in [0.717, 1.165) is 36.1 Å². The van der Waals surface area contributed by atoms with Crippen LogP contribution in [0.15, 0.2) is 24.3 Å². The number of likely N-dealkylation sites (tertiary alicyclic amines) is 1. The number of amides is 1. The number of carbonyl (C=O) groups is 1. The molecule has 112 valence electrons. The van der Waals surface area contributed by atoms with E-state index >= 15 is 0 Å². The predicted octanol–water partition coefficient (Wildman–Crippen LogP) is 4.58. The van der Waals surface area contributed by atoms with Crippen molar-refractivity contribution in [2.45, 2.75) is 57.0 Å². The Morgan fingerprint density at radius 3 is 2.19 bits per heavy atom. The van der Waals surface area contributed by atoms with Gasteiger partial charge in [0.25, 0.3) is 0 Å². The van der Waals surface area contributed by atoms with Crippen molar-refractivity contribution in [1.29, 1.82) is 0 Å². The molecule has 2 nitrogen and oxygen atoms in total. The smallest absolute Gasteiger partial charge is 0.223 e. The number of rotatable bonds is 4. The second-order valence-corrected chi connectivity index (χ2v) is 7.36. The molecule has 1 aliphatic heterocycles. The number of carbonyl (C=O) groups excluding carboxylic acids is 1. The fourth-order valence-electron chi connectivity index (χ4n) is 3.99. The van der Waals surface area contributed by atoms with Crippen LogP contribution in [-0.4, -0.2) is 16.8 Å². The van der Waals surface area contributed by atoms with E-state index in [1.54, 1.807) is 0 Å². The molecule has 0 aromatic heterocycles. The largest absolute Gasteiger partial charge is 0.332 e. The highest BCUT2D eigenvalue weighted by Crippen LogP contribution is 2.50. The highest BCUT2D eigenvalue weighted by molar-refractivity contribution is 6.30. The quantitative estimate of drug-likeness (QED) is 0.797. The Labute approximate surface area is 131 Å². The Kier molecular flexibility index (Phi) is 3.45. The summed E-state index contributed by atoms with van der Waals surface area (Å²) in [6.45, 7) is 0. The molecule has 3 aliphatic rings. The molecule has 3 heteroatoms. The van der Waals surface area contributed by atoms with E-state index in [4.69, 9.17) is 11.6 Å². The van der Waals surface area contributed by atoms with Gasteiger partial charge in [-0.2, -0.15) is 0 Å². The third kappa shape index (κ3) is 2.70. The molecular formula is C18H22ClNO. The fourth-order valence-corrected chi connectivity index (χ4v) is 4.12. The van der Waals surface area contributed by atoms with Gasteiger partial charge in [-0.15, -0.1) is 0 Å². The van der Waals surface area contributed by atoms with Gasteiger partial charge in [-0.05, 0) is 68.1 Å². The number of benzene rings is 1. The van der Waals surface area contributed by atoms with Gasteiger partial charge in [0.15, 0.2) is 0 Å². The Morgan fingerprint density at radius 1 is 1.00 bits per heavy atom. The summed E-state index contributed by atoms with van der Waals surface area (Å²) in [6.07, 6.45) is 8.13. The standard InChI is InChI=1S/C18H22ClNO/c19-15-10-8-12(9-11-15)16-2-1-3-17(21)20(16)18(13-4-5-13)14-6-7-14/h8-11,13-14,16,18H,1-7H2. The zero-order valence-electron chi connectivity index (χ0n) is 12.3. The molecule has 1 aromatic carbocycles. The van der Waals surface area contributed by atoms with Gasteiger partial charge in [-0.3, -0.25) is 4.79 Å². The zero-order valence-corrected chi connectivity index (χ0v) is 13.1. The normalized spacial score (nSPS) is 26.5. The summed E-state index contributed by atoms with van der Waals surface area (Å²) in [6, 6.07) is 8.91. The van der Waals surface area contributed by atoms with Crippen LogP contribution in [-0.2, 0) is 4.79 Å². The summed E-state index contributed by atoms with van der Waals surface area (Å²) >= 11 is 6.02. The van der Waals surface area contributed by atoms with E-state index in [1.165, 1.54) is 31.2 Å². The Balaban J connectivity index is 1.65. The number of nitrogens with zero attached hydrogens (tertiary/aromatic N) is 1. The number of piperidine rings is 1. The Morgan fingerprint density at radius 2 is 1.62 bits per heavy atom. The molecule has 4 rings (SSSR count). The van der Waals surface area contributed by atoms with Crippen molar-refractivity contribution in [2.24, 2.45) is 11.8 Å². The van der Waals surface area contributed by atoms with Gasteiger partial charge in [0, 0.05) is 17.5 Å². The molecule has 1 saturated heterocycles. The molecule has 1 heterocycles. The Bertz CT molecular complexity index is 521. The van der Waals surface area contributed by atoms with Gasteiger partial charge in [-0.25, -0.2) is 0 Å². The van der Waals surface area contributed by atoms with Crippen molar-refractivity contribution in [1.82, 2.24) is 4.90 Å². The summed E-state index contributed by atoms with van der Waals surface area (Å²) in [5.41, 5.74) is 1.26. The maximum absolute atomic E-state index is 12.7. The number of hydrogen-bond acceptors (Lipinski definition) is 1. The van der Waals surface area contributed by atoms with Crippen LogP contribution in [0.5, 0.6) is 0 Å². The highest BCUT2D eigenvalue weighted by atomic mass is 35.5. The lowest BCUT2D eigenvalue weighted by Gasteiger charge is -2.42. The van der Waals surface area contributed by atoms with E-state index in [-0.39, 0.29) is 6.04 Å². The molecule has 1 unspecified atom stereocenters. The first-order valence-corrected chi connectivity index (χ1v) is 8.68. The predicted molar refractivity (Wildman–Crippen MR) is 84.1 cm³/mol. The van der Waals surface area contributed by atoms with Crippen molar-refractivity contribution < 1.29 is 4.79 Å². The van der Waals surface area contributed by atoms with Crippen LogP contribution in [0.2, 0.25) is 5.02 Å². The van der Waals surface area contributed by atoms with Gasteiger partial charge < -0.3 is 4.90 Å². The molecule has 2 aliphatic carbocycles. The van der Waals surface area contributed by atoms with Gasteiger partial charge in [0.1, 0.15) is 0 Å². The maximum Gasteiger partial charge on any atom is 0.223 e. The SMILES string of the molecule is O=C1CCCC(c2ccc(Cl)cc2)N1C(C1CC1)C1CC1. The summed E-state index contributed by atoms with van der Waals surface area (Å²) in [4.78, 5) is 14.9. The van der Waals surface area contributed by atoms with Gasteiger partial charge >= 0.3 is 0 Å².